The Morgan fingerprint density at radius 3 is 2.62 bits per heavy atom. The summed E-state index contributed by atoms with van der Waals surface area (Å²) in [4.78, 5) is 27.4. The fourth-order valence-electron chi connectivity index (χ4n) is 1.90. The average Bonchev–Trinajstić information content (AvgIpc) is 2.37. The van der Waals surface area contributed by atoms with Crippen LogP contribution in [0, 0.1) is 0 Å². The number of nitrogens with zero attached hydrogens (tertiary/aromatic N) is 3. The molecule has 2 heterocycles. The molecule has 2 rings (SSSR count). The molecule has 0 aliphatic carbocycles. The first kappa shape index (κ1) is 15.5. The van der Waals surface area contributed by atoms with Crippen molar-refractivity contribution in [3.63, 3.8) is 0 Å². The summed E-state index contributed by atoms with van der Waals surface area (Å²) in [5.41, 5.74) is 6.44. The molecule has 0 aliphatic rings. The van der Waals surface area contributed by atoms with Gasteiger partial charge in [0.25, 0.3) is 5.56 Å². The average molecular weight is 305 g/mol. The van der Waals surface area contributed by atoms with Crippen LogP contribution >= 0.6 is 11.8 Å². The number of hydrogen-bond donors (Lipinski definition) is 2. The number of anilines is 1. The molecule has 2 aromatic heterocycles. The molecule has 0 unspecified atom stereocenters. The molecule has 0 fully saturated rings. The maximum absolute atomic E-state index is 11.6. The first-order valence-corrected chi connectivity index (χ1v) is 7.84. The quantitative estimate of drug-likeness (QED) is 0.627. The third-order valence-corrected chi connectivity index (χ3v) is 3.53. The highest BCUT2D eigenvalue weighted by Crippen LogP contribution is 2.23. The van der Waals surface area contributed by atoms with Crippen molar-refractivity contribution in [3.05, 3.63) is 34.0 Å². The highest BCUT2D eigenvalue weighted by molar-refractivity contribution is 7.99. The molecule has 0 radical (unpaired) electrons. The number of nitrogens with one attached hydrogen (secondary N) is 1. The lowest BCUT2D eigenvalue weighted by molar-refractivity contribution is 0.803. The van der Waals surface area contributed by atoms with Gasteiger partial charge in [-0.15, -0.1) is 0 Å². The standard InChI is InChI=1S/C14H19N5OS/c1-3-5-9-7-12(20)19-14(16-9)21-13-8-10(15)17-11(18-13)6-4-2/h7-8H,3-6H2,1-2H3,(H2,15,17,18)(H,16,19,20). The van der Waals surface area contributed by atoms with E-state index in [2.05, 4.69) is 33.8 Å². The van der Waals surface area contributed by atoms with Crippen molar-refractivity contribution in [2.75, 3.05) is 5.73 Å². The Bertz CT molecular complexity index is 671. The van der Waals surface area contributed by atoms with Gasteiger partial charge in [-0.3, -0.25) is 4.79 Å². The van der Waals surface area contributed by atoms with Crippen LogP contribution in [0.25, 0.3) is 0 Å². The van der Waals surface area contributed by atoms with E-state index in [0.717, 1.165) is 31.4 Å². The van der Waals surface area contributed by atoms with E-state index in [1.165, 1.54) is 17.8 Å². The van der Waals surface area contributed by atoms with Gasteiger partial charge >= 0.3 is 0 Å². The van der Waals surface area contributed by atoms with Gasteiger partial charge in [-0.2, -0.15) is 0 Å². The number of nitrogens with two attached hydrogens (primary N) is 1. The van der Waals surface area contributed by atoms with Crippen molar-refractivity contribution in [1.82, 2.24) is 19.9 Å². The first-order valence-electron chi connectivity index (χ1n) is 7.02. The van der Waals surface area contributed by atoms with Crippen LogP contribution in [0.3, 0.4) is 0 Å². The number of nitrogen functional groups attached to an aromatic ring is 1. The molecule has 6 nitrogen and oxygen atoms in total. The van der Waals surface area contributed by atoms with E-state index in [0.29, 0.717) is 21.8 Å². The van der Waals surface area contributed by atoms with Gasteiger partial charge in [-0.25, -0.2) is 15.0 Å². The second-order valence-electron chi connectivity index (χ2n) is 4.69. The van der Waals surface area contributed by atoms with Crippen LogP contribution in [0.15, 0.2) is 27.1 Å². The minimum Gasteiger partial charge on any atom is -0.384 e. The molecule has 0 spiro atoms. The molecule has 0 aromatic carbocycles. The molecular formula is C14H19N5OS. The van der Waals surface area contributed by atoms with Crippen molar-refractivity contribution in [2.24, 2.45) is 0 Å². The molecule has 0 saturated heterocycles. The number of aromatic nitrogens is 4. The summed E-state index contributed by atoms with van der Waals surface area (Å²) in [5, 5.41) is 1.23. The number of aromatic amines is 1. The van der Waals surface area contributed by atoms with E-state index in [9.17, 15) is 4.79 Å². The van der Waals surface area contributed by atoms with Gasteiger partial charge in [0, 0.05) is 24.2 Å². The van der Waals surface area contributed by atoms with E-state index >= 15 is 0 Å². The van der Waals surface area contributed by atoms with E-state index in [1.54, 1.807) is 6.07 Å². The number of rotatable bonds is 6. The van der Waals surface area contributed by atoms with Gasteiger partial charge in [-0.1, -0.05) is 20.3 Å². The molecule has 3 N–H and O–H groups in total. The van der Waals surface area contributed by atoms with Crippen LogP contribution in [-0.4, -0.2) is 19.9 Å². The summed E-state index contributed by atoms with van der Waals surface area (Å²) in [6.07, 6.45) is 3.46. The SMILES string of the molecule is CCCc1cc(=O)[nH]c(Sc2cc(N)nc(CCC)n2)n1. The van der Waals surface area contributed by atoms with Crippen LogP contribution in [0.1, 0.15) is 38.2 Å². The minimum atomic E-state index is -0.147. The minimum absolute atomic E-state index is 0.147. The Morgan fingerprint density at radius 1 is 1.14 bits per heavy atom. The van der Waals surface area contributed by atoms with E-state index in [1.807, 2.05) is 0 Å². The Hall–Kier alpha value is -1.89. The highest BCUT2D eigenvalue weighted by atomic mass is 32.2. The van der Waals surface area contributed by atoms with E-state index < -0.39 is 0 Å². The summed E-state index contributed by atoms with van der Waals surface area (Å²) in [5.74, 6) is 1.15. The first-order chi connectivity index (χ1) is 10.1. The molecule has 2 aromatic rings. The van der Waals surface area contributed by atoms with E-state index in [4.69, 9.17) is 5.73 Å². The fraction of sp³-hybridized carbons (Fsp3) is 0.429. The second kappa shape index (κ2) is 7.21. The zero-order valence-corrected chi connectivity index (χ0v) is 13.0. The van der Waals surface area contributed by atoms with Gasteiger partial charge < -0.3 is 10.7 Å². The van der Waals surface area contributed by atoms with Crippen molar-refractivity contribution in [3.8, 4) is 0 Å². The zero-order valence-electron chi connectivity index (χ0n) is 12.2. The normalized spacial score (nSPS) is 10.8. The number of hydrogen-bond acceptors (Lipinski definition) is 6. The molecule has 0 amide bonds. The molecule has 0 saturated carbocycles. The molecule has 0 atom stereocenters. The summed E-state index contributed by atoms with van der Waals surface area (Å²) in [6, 6.07) is 3.22. The van der Waals surface area contributed by atoms with Crippen molar-refractivity contribution in [2.45, 2.75) is 49.7 Å². The van der Waals surface area contributed by atoms with Crippen LogP contribution < -0.4 is 11.3 Å². The molecule has 112 valence electrons. The number of H-pyrrole nitrogens is 1. The maximum atomic E-state index is 11.6. The van der Waals surface area contributed by atoms with Crippen LogP contribution in [-0.2, 0) is 12.8 Å². The Morgan fingerprint density at radius 2 is 1.90 bits per heavy atom. The van der Waals surface area contributed by atoms with Crippen molar-refractivity contribution < 1.29 is 0 Å². The maximum Gasteiger partial charge on any atom is 0.251 e. The topological polar surface area (TPSA) is 97.5 Å². The lowest BCUT2D eigenvalue weighted by Crippen LogP contribution is -2.10. The lowest BCUT2D eigenvalue weighted by atomic mass is 10.2. The Labute approximate surface area is 127 Å². The summed E-state index contributed by atoms with van der Waals surface area (Å²) in [7, 11) is 0. The van der Waals surface area contributed by atoms with Crippen LogP contribution in [0.2, 0.25) is 0 Å². The lowest BCUT2D eigenvalue weighted by Gasteiger charge is -2.05. The highest BCUT2D eigenvalue weighted by Gasteiger charge is 2.07. The largest absolute Gasteiger partial charge is 0.384 e. The van der Waals surface area contributed by atoms with Gasteiger partial charge in [0.15, 0.2) is 5.16 Å². The van der Waals surface area contributed by atoms with Crippen molar-refractivity contribution >= 4 is 17.6 Å². The number of aryl methyl sites for hydroxylation is 2. The Balaban J connectivity index is 2.27. The monoisotopic (exact) mass is 305 g/mol. The molecule has 7 heteroatoms. The van der Waals surface area contributed by atoms with Gasteiger partial charge in [-0.05, 0) is 24.6 Å². The van der Waals surface area contributed by atoms with Crippen molar-refractivity contribution in [1.29, 1.82) is 0 Å². The van der Waals surface area contributed by atoms with Gasteiger partial charge in [0.05, 0.1) is 0 Å². The molecule has 0 bridgehead atoms. The van der Waals surface area contributed by atoms with Gasteiger partial charge in [0.2, 0.25) is 0 Å². The third-order valence-electron chi connectivity index (χ3n) is 2.72. The van der Waals surface area contributed by atoms with Gasteiger partial charge in [0.1, 0.15) is 16.7 Å². The predicted molar refractivity (Wildman–Crippen MR) is 83.4 cm³/mol. The van der Waals surface area contributed by atoms with Crippen LogP contribution in [0.4, 0.5) is 5.82 Å². The van der Waals surface area contributed by atoms with Crippen LogP contribution in [0.5, 0.6) is 0 Å². The zero-order chi connectivity index (χ0) is 15.2. The summed E-state index contributed by atoms with van der Waals surface area (Å²) < 4.78 is 0. The predicted octanol–water partition coefficient (Wildman–Crippen LogP) is 2.20. The third kappa shape index (κ3) is 4.56. The molecule has 21 heavy (non-hydrogen) atoms. The molecular weight excluding hydrogens is 286 g/mol. The molecule has 0 aliphatic heterocycles. The summed E-state index contributed by atoms with van der Waals surface area (Å²) in [6.45, 7) is 4.12. The smallest absolute Gasteiger partial charge is 0.251 e. The van der Waals surface area contributed by atoms with E-state index in [-0.39, 0.29) is 5.56 Å². The fourth-order valence-corrected chi connectivity index (χ4v) is 2.74. The second-order valence-corrected chi connectivity index (χ2v) is 5.70. The Kier molecular flexibility index (Phi) is 5.32. The summed E-state index contributed by atoms with van der Waals surface area (Å²) >= 11 is 1.30.